The number of hydrogen-bond donors (Lipinski definition) is 1. The predicted octanol–water partition coefficient (Wildman–Crippen LogP) is 2.77. The zero-order valence-electron chi connectivity index (χ0n) is 17.7. The van der Waals surface area contributed by atoms with Crippen molar-refractivity contribution in [2.24, 2.45) is 21.1 Å². The molecule has 0 radical (unpaired) electrons. The molecular weight excluding hydrogens is 430 g/mol. The highest BCUT2D eigenvalue weighted by atomic mass is 35.5. The predicted molar refractivity (Wildman–Crippen MR) is 125 cm³/mol. The third-order valence-corrected chi connectivity index (χ3v) is 5.96. The molecule has 1 N–H and O–H groups in total. The van der Waals surface area contributed by atoms with E-state index in [1.165, 1.54) is 9.13 Å². The Bertz CT molecular complexity index is 1610. The van der Waals surface area contributed by atoms with Gasteiger partial charge >= 0.3 is 5.69 Å². The molecule has 5 aromatic rings. The molecule has 162 valence electrons. The van der Waals surface area contributed by atoms with Crippen LogP contribution in [0.5, 0.6) is 0 Å². The normalized spacial score (nSPS) is 11.5. The Hall–Kier alpha value is -3.85. The van der Waals surface area contributed by atoms with E-state index in [1.54, 1.807) is 49.3 Å². The van der Waals surface area contributed by atoms with Crippen molar-refractivity contribution < 1.29 is 0 Å². The second-order valence-electron chi connectivity index (χ2n) is 7.70. The van der Waals surface area contributed by atoms with Gasteiger partial charge in [0.15, 0.2) is 11.2 Å². The van der Waals surface area contributed by atoms with Crippen LogP contribution < -0.4 is 16.6 Å². The molecule has 0 saturated heterocycles. The number of imidazole rings is 1. The summed E-state index contributed by atoms with van der Waals surface area (Å²) in [4.78, 5) is 34.9. The molecule has 4 aromatic heterocycles. The summed E-state index contributed by atoms with van der Waals surface area (Å²) in [6.45, 7) is 0.0978. The largest absolute Gasteiger partial charge is 0.350 e. The topological polar surface area (TPSA) is 91.7 Å². The minimum atomic E-state index is -0.445. The SMILES string of the molecule is Cn1ccc2c(Cl)cc(Cn3c(=O)c4c(nc(Nc5ccncc5)n4C)n(C)c3=O)cc21. The highest BCUT2D eigenvalue weighted by Gasteiger charge is 2.19. The molecule has 4 heterocycles. The van der Waals surface area contributed by atoms with Crippen molar-refractivity contribution in [3.63, 3.8) is 0 Å². The van der Waals surface area contributed by atoms with Crippen molar-refractivity contribution in [2.45, 2.75) is 6.54 Å². The molecule has 0 amide bonds. The van der Waals surface area contributed by atoms with Gasteiger partial charge < -0.3 is 14.5 Å². The number of fused-ring (bicyclic) bond motifs is 2. The van der Waals surface area contributed by atoms with Crippen molar-refractivity contribution in [1.82, 2.24) is 28.2 Å². The highest BCUT2D eigenvalue weighted by Crippen LogP contribution is 2.26. The molecule has 0 aliphatic rings. The van der Waals surface area contributed by atoms with E-state index in [2.05, 4.69) is 15.3 Å². The van der Waals surface area contributed by atoms with E-state index >= 15 is 0 Å². The summed E-state index contributed by atoms with van der Waals surface area (Å²) < 4.78 is 6.20. The maximum atomic E-state index is 13.4. The van der Waals surface area contributed by atoms with Gasteiger partial charge in [-0.25, -0.2) is 4.79 Å². The number of hydrogen-bond acceptors (Lipinski definition) is 5. The van der Waals surface area contributed by atoms with E-state index in [0.29, 0.717) is 22.1 Å². The van der Waals surface area contributed by atoms with E-state index in [1.807, 2.05) is 29.9 Å². The summed E-state index contributed by atoms with van der Waals surface area (Å²) in [5.41, 5.74) is 2.25. The van der Waals surface area contributed by atoms with Gasteiger partial charge in [-0.05, 0) is 35.9 Å². The Morgan fingerprint density at radius 3 is 2.53 bits per heavy atom. The monoisotopic (exact) mass is 449 g/mol. The van der Waals surface area contributed by atoms with Crippen LogP contribution in [0.3, 0.4) is 0 Å². The lowest BCUT2D eigenvalue weighted by Gasteiger charge is -2.10. The maximum Gasteiger partial charge on any atom is 0.332 e. The lowest BCUT2D eigenvalue weighted by molar-refractivity contribution is 0.655. The van der Waals surface area contributed by atoms with Gasteiger partial charge in [0.25, 0.3) is 5.56 Å². The standard InChI is InChI=1S/C22H20ClN7O2/c1-27-9-6-15-16(23)10-13(11-17(15)27)12-30-20(31)18-19(29(3)22(30)32)26-21(28(18)2)25-14-4-7-24-8-5-14/h4-11H,12H2,1-3H3,(H,24,25,26). The first-order chi connectivity index (χ1) is 15.3. The Morgan fingerprint density at radius 1 is 1.03 bits per heavy atom. The van der Waals surface area contributed by atoms with Crippen molar-refractivity contribution in [2.75, 3.05) is 5.32 Å². The summed E-state index contributed by atoms with van der Waals surface area (Å²) in [5.74, 6) is 0.448. The molecule has 1 aromatic carbocycles. The lowest BCUT2D eigenvalue weighted by atomic mass is 10.1. The van der Waals surface area contributed by atoms with Gasteiger partial charge in [-0.1, -0.05) is 11.6 Å². The van der Waals surface area contributed by atoms with Gasteiger partial charge in [0.2, 0.25) is 5.95 Å². The van der Waals surface area contributed by atoms with Crippen LogP contribution in [-0.4, -0.2) is 28.2 Å². The summed E-state index contributed by atoms with van der Waals surface area (Å²) in [7, 11) is 5.27. The van der Waals surface area contributed by atoms with Crippen molar-refractivity contribution in [3.05, 3.63) is 80.3 Å². The van der Waals surface area contributed by atoms with Crippen LogP contribution >= 0.6 is 11.6 Å². The zero-order valence-corrected chi connectivity index (χ0v) is 18.5. The quantitative estimate of drug-likeness (QED) is 0.455. The fourth-order valence-electron chi connectivity index (χ4n) is 3.91. The number of anilines is 2. The number of pyridine rings is 1. The minimum Gasteiger partial charge on any atom is -0.350 e. The second-order valence-corrected chi connectivity index (χ2v) is 8.10. The molecule has 0 spiro atoms. The number of aryl methyl sites for hydroxylation is 3. The summed E-state index contributed by atoms with van der Waals surface area (Å²) in [6, 6.07) is 9.25. The second kappa shape index (κ2) is 7.38. The number of benzene rings is 1. The van der Waals surface area contributed by atoms with Crippen molar-refractivity contribution >= 4 is 45.3 Å². The maximum absolute atomic E-state index is 13.4. The Balaban J connectivity index is 1.64. The van der Waals surface area contributed by atoms with Crippen molar-refractivity contribution in [1.29, 1.82) is 0 Å². The van der Waals surface area contributed by atoms with Crippen LogP contribution in [0.2, 0.25) is 5.02 Å². The van der Waals surface area contributed by atoms with Crippen LogP contribution in [0.4, 0.5) is 11.6 Å². The van der Waals surface area contributed by atoms with Crippen LogP contribution in [0, 0.1) is 0 Å². The molecule has 0 bridgehead atoms. The average Bonchev–Trinajstić information content (AvgIpc) is 3.31. The molecule has 0 aliphatic carbocycles. The lowest BCUT2D eigenvalue weighted by Crippen LogP contribution is -2.39. The van der Waals surface area contributed by atoms with E-state index < -0.39 is 11.2 Å². The van der Waals surface area contributed by atoms with E-state index in [-0.39, 0.29) is 6.54 Å². The molecule has 10 heteroatoms. The van der Waals surface area contributed by atoms with Crippen LogP contribution in [0.1, 0.15) is 5.56 Å². The number of nitrogens with zero attached hydrogens (tertiary/aromatic N) is 6. The van der Waals surface area contributed by atoms with Crippen LogP contribution in [0.15, 0.2) is 58.5 Å². The molecule has 0 aliphatic heterocycles. The van der Waals surface area contributed by atoms with Crippen molar-refractivity contribution in [3.8, 4) is 0 Å². The average molecular weight is 450 g/mol. The number of aromatic nitrogens is 6. The fraction of sp³-hybridized carbons (Fsp3) is 0.182. The van der Waals surface area contributed by atoms with Crippen LogP contribution in [0.25, 0.3) is 22.1 Å². The third-order valence-electron chi connectivity index (χ3n) is 5.65. The summed E-state index contributed by atoms with van der Waals surface area (Å²) in [6.07, 6.45) is 5.23. The molecule has 0 unspecified atom stereocenters. The first-order valence-corrected chi connectivity index (χ1v) is 10.3. The smallest absolute Gasteiger partial charge is 0.332 e. The number of halogens is 1. The molecule has 9 nitrogen and oxygen atoms in total. The third kappa shape index (κ3) is 3.09. The van der Waals surface area contributed by atoms with E-state index in [4.69, 9.17) is 11.6 Å². The van der Waals surface area contributed by atoms with Gasteiger partial charge in [-0.3, -0.25) is 18.9 Å². The van der Waals surface area contributed by atoms with Gasteiger partial charge in [0.05, 0.1) is 11.6 Å². The van der Waals surface area contributed by atoms with Gasteiger partial charge in [-0.2, -0.15) is 4.98 Å². The molecular formula is C22H20ClN7O2. The molecule has 5 rings (SSSR count). The molecule has 0 saturated carbocycles. The minimum absolute atomic E-state index is 0.0978. The van der Waals surface area contributed by atoms with Crippen LogP contribution in [-0.2, 0) is 27.7 Å². The summed E-state index contributed by atoms with van der Waals surface area (Å²) >= 11 is 6.44. The first kappa shape index (κ1) is 20.1. The first-order valence-electron chi connectivity index (χ1n) is 9.92. The highest BCUT2D eigenvalue weighted by molar-refractivity contribution is 6.35. The number of nitrogens with one attached hydrogen (secondary N) is 1. The molecule has 32 heavy (non-hydrogen) atoms. The van der Waals surface area contributed by atoms with Gasteiger partial charge in [0.1, 0.15) is 0 Å². The summed E-state index contributed by atoms with van der Waals surface area (Å²) in [5, 5.41) is 4.66. The Labute approximate surface area is 187 Å². The fourth-order valence-corrected chi connectivity index (χ4v) is 4.21. The van der Waals surface area contributed by atoms with Gasteiger partial charge in [-0.15, -0.1) is 0 Å². The van der Waals surface area contributed by atoms with E-state index in [0.717, 1.165) is 22.2 Å². The molecule has 0 atom stereocenters. The Kier molecular flexibility index (Phi) is 4.63. The number of rotatable bonds is 4. The molecule has 0 fully saturated rings. The zero-order chi connectivity index (χ0) is 22.6. The van der Waals surface area contributed by atoms with E-state index in [9.17, 15) is 9.59 Å². The Morgan fingerprint density at radius 2 is 1.78 bits per heavy atom. The van der Waals surface area contributed by atoms with Gasteiger partial charge in [0, 0.05) is 56.3 Å².